The number of benzene rings is 1. The van der Waals surface area contributed by atoms with Gasteiger partial charge in [-0.05, 0) is 50.6 Å². The highest BCUT2D eigenvalue weighted by Gasteiger charge is 2.30. The highest BCUT2D eigenvalue weighted by molar-refractivity contribution is 5.26. The molecule has 2 N–H and O–H groups in total. The largest absolute Gasteiger partial charge is 0.416 e. The molecule has 2 atom stereocenters. The smallest absolute Gasteiger partial charge is 0.327 e. The van der Waals surface area contributed by atoms with Crippen molar-refractivity contribution >= 4 is 0 Å². The number of nitrogens with two attached hydrogens (primary N) is 1. The summed E-state index contributed by atoms with van der Waals surface area (Å²) in [6, 6.07) is 5.58. The fraction of sp³-hybridized carbons (Fsp3) is 0.625. The first kappa shape index (κ1) is 18.0. The normalized spacial score (nSPS) is 15.5. The molecule has 1 aromatic rings. The van der Waals surface area contributed by atoms with Crippen LogP contribution in [-0.4, -0.2) is 24.5 Å². The molecule has 2 unspecified atom stereocenters. The summed E-state index contributed by atoms with van der Waals surface area (Å²) in [6.07, 6.45) is -3.41. The fourth-order valence-corrected chi connectivity index (χ4v) is 2.08. The van der Waals surface area contributed by atoms with Gasteiger partial charge in [-0.1, -0.05) is 26.0 Å². The number of halogens is 3. The molecule has 0 aromatic heterocycles. The van der Waals surface area contributed by atoms with Gasteiger partial charge in [0.25, 0.3) is 0 Å². The Balaban J connectivity index is 2.64. The summed E-state index contributed by atoms with van der Waals surface area (Å²) in [5.41, 5.74) is 6.29. The first-order valence-corrected chi connectivity index (χ1v) is 7.26. The summed E-state index contributed by atoms with van der Waals surface area (Å²) in [7, 11) is 1.97. The van der Waals surface area contributed by atoms with Crippen LogP contribution >= 0.6 is 0 Å². The molecule has 0 heterocycles. The van der Waals surface area contributed by atoms with Gasteiger partial charge in [0.05, 0.1) is 5.56 Å². The Morgan fingerprint density at radius 2 is 1.62 bits per heavy atom. The summed E-state index contributed by atoms with van der Waals surface area (Å²) in [5, 5.41) is 0. The number of rotatable bonds is 6. The average Bonchev–Trinajstić information content (AvgIpc) is 2.42. The van der Waals surface area contributed by atoms with Crippen LogP contribution in [0.4, 0.5) is 13.2 Å². The van der Waals surface area contributed by atoms with Gasteiger partial charge in [0.2, 0.25) is 0 Å². The summed E-state index contributed by atoms with van der Waals surface area (Å²) in [5.74, 6) is 0.430. The third kappa shape index (κ3) is 5.32. The third-order valence-corrected chi connectivity index (χ3v) is 4.05. The Morgan fingerprint density at radius 3 is 2.05 bits per heavy atom. The molecule has 120 valence electrons. The summed E-state index contributed by atoms with van der Waals surface area (Å²) in [4.78, 5) is 2.12. The quantitative estimate of drug-likeness (QED) is 0.858. The minimum Gasteiger partial charge on any atom is -0.327 e. The highest BCUT2D eigenvalue weighted by Crippen LogP contribution is 2.30. The van der Waals surface area contributed by atoms with Crippen LogP contribution in [0.2, 0.25) is 0 Å². The molecular weight excluding hydrogens is 277 g/mol. The maximum atomic E-state index is 12.5. The second kappa shape index (κ2) is 7.27. The van der Waals surface area contributed by atoms with E-state index < -0.39 is 11.7 Å². The van der Waals surface area contributed by atoms with Crippen molar-refractivity contribution in [2.75, 3.05) is 13.6 Å². The van der Waals surface area contributed by atoms with Gasteiger partial charge in [-0.15, -0.1) is 0 Å². The summed E-state index contributed by atoms with van der Waals surface area (Å²) < 4.78 is 37.6. The lowest BCUT2D eigenvalue weighted by Crippen LogP contribution is -2.32. The van der Waals surface area contributed by atoms with E-state index in [2.05, 4.69) is 18.7 Å². The Morgan fingerprint density at radius 1 is 1.10 bits per heavy atom. The van der Waals surface area contributed by atoms with Gasteiger partial charge in [-0.3, -0.25) is 4.90 Å². The summed E-state index contributed by atoms with van der Waals surface area (Å²) in [6.45, 7) is 6.99. The molecule has 0 saturated heterocycles. The van der Waals surface area contributed by atoms with E-state index in [1.807, 2.05) is 14.0 Å². The van der Waals surface area contributed by atoms with Crippen LogP contribution in [0.5, 0.6) is 0 Å². The van der Waals surface area contributed by atoms with Crippen molar-refractivity contribution in [3.63, 3.8) is 0 Å². The second-order valence-electron chi connectivity index (χ2n) is 5.97. The molecule has 1 aromatic carbocycles. The molecule has 0 bridgehead atoms. The maximum Gasteiger partial charge on any atom is 0.416 e. The van der Waals surface area contributed by atoms with Crippen LogP contribution in [0.15, 0.2) is 24.3 Å². The SMILES string of the molecule is CC(C)C(N)CCN(C)C(C)c1ccc(C(F)(F)F)cc1. The van der Waals surface area contributed by atoms with E-state index in [1.54, 1.807) is 12.1 Å². The van der Waals surface area contributed by atoms with Gasteiger partial charge >= 0.3 is 6.18 Å². The number of alkyl halides is 3. The molecule has 0 aliphatic carbocycles. The molecule has 0 radical (unpaired) electrons. The molecule has 21 heavy (non-hydrogen) atoms. The van der Waals surface area contributed by atoms with Crippen LogP contribution in [0, 0.1) is 5.92 Å². The Hall–Kier alpha value is -1.07. The minimum atomic E-state index is -4.28. The van der Waals surface area contributed by atoms with E-state index in [0.29, 0.717) is 5.92 Å². The molecule has 0 aliphatic rings. The minimum absolute atomic E-state index is 0.0617. The van der Waals surface area contributed by atoms with Crippen LogP contribution < -0.4 is 5.73 Å². The molecular formula is C16H25F3N2. The van der Waals surface area contributed by atoms with E-state index >= 15 is 0 Å². The van der Waals surface area contributed by atoms with Gasteiger partial charge in [-0.2, -0.15) is 13.2 Å². The van der Waals surface area contributed by atoms with Crippen molar-refractivity contribution < 1.29 is 13.2 Å². The lowest BCUT2D eigenvalue weighted by Gasteiger charge is -2.27. The van der Waals surface area contributed by atoms with Crippen molar-refractivity contribution in [3.8, 4) is 0 Å². The zero-order chi connectivity index (χ0) is 16.2. The first-order valence-electron chi connectivity index (χ1n) is 7.26. The number of nitrogens with zero attached hydrogens (tertiary/aromatic N) is 1. The Kier molecular flexibility index (Phi) is 6.23. The Labute approximate surface area is 125 Å². The van der Waals surface area contributed by atoms with E-state index in [9.17, 15) is 13.2 Å². The number of hydrogen-bond donors (Lipinski definition) is 1. The Bertz CT molecular complexity index is 426. The van der Waals surface area contributed by atoms with Crippen LogP contribution in [0.3, 0.4) is 0 Å². The van der Waals surface area contributed by atoms with E-state index in [1.165, 1.54) is 0 Å². The fourth-order valence-electron chi connectivity index (χ4n) is 2.08. The lowest BCUT2D eigenvalue weighted by atomic mass is 10.0. The molecule has 1 rings (SSSR count). The molecule has 0 fully saturated rings. The zero-order valence-corrected chi connectivity index (χ0v) is 13.1. The van der Waals surface area contributed by atoms with Crippen molar-refractivity contribution in [1.29, 1.82) is 0 Å². The van der Waals surface area contributed by atoms with Gasteiger partial charge in [0, 0.05) is 12.1 Å². The lowest BCUT2D eigenvalue weighted by molar-refractivity contribution is -0.137. The van der Waals surface area contributed by atoms with Gasteiger partial charge in [-0.25, -0.2) is 0 Å². The summed E-state index contributed by atoms with van der Waals surface area (Å²) >= 11 is 0. The van der Waals surface area contributed by atoms with Gasteiger partial charge < -0.3 is 5.73 Å². The molecule has 0 aliphatic heterocycles. The average molecular weight is 302 g/mol. The van der Waals surface area contributed by atoms with Crippen molar-refractivity contribution in [2.24, 2.45) is 11.7 Å². The van der Waals surface area contributed by atoms with Crippen LogP contribution in [-0.2, 0) is 6.18 Å². The standard InChI is InChI=1S/C16H25F3N2/c1-11(2)15(20)9-10-21(4)12(3)13-5-7-14(8-6-13)16(17,18)19/h5-8,11-12,15H,9-10,20H2,1-4H3. The van der Waals surface area contributed by atoms with Crippen LogP contribution in [0.25, 0.3) is 0 Å². The van der Waals surface area contributed by atoms with Crippen LogP contribution in [0.1, 0.15) is 44.4 Å². The molecule has 0 amide bonds. The van der Waals surface area contributed by atoms with Gasteiger partial charge in [0.15, 0.2) is 0 Å². The zero-order valence-electron chi connectivity index (χ0n) is 13.1. The van der Waals surface area contributed by atoms with E-state index in [4.69, 9.17) is 5.73 Å². The number of hydrogen-bond acceptors (Lipinski definition) is 2. The molecule has 0 saturated carbocycles. The highest BCUT2D eigenvalue weighted by atomic mass is 19.4. The van der Waals surface area contributed by atoms with E-state index in [0.717, 1.165) is 30.7 Å². The first-order chi connectivity index (χ1) is 9.62. The maximum absolute atomic E-state index is 12.5. The monoisotopic (exact) mass is 302 g/mol. The molecule has 0 spiro atoms. The molecule has 2 nitrogen and oxygen atoms in total. The predicted octanol–water partition coefficient (Wildman–Crippen LogP) is 4.07. The van der Waals surface area contributed by atoms with Crippen molar-refractivity contribution in [1.82, 2.24) is 4.90 Å². The van der Waals surface area contributed by atoms with Crippen molar-refractivity contribution in [2.45, 2.75) is 45.5 Å². The second-order valence-corrected chi connectivity index (χ2v) is 5.97. The van der Waals surface area contributed by atoms with Crippen molar-refractivity contribution in [3.05, 3.63) is 35.4 Å². The van der Waals surface area contributed by atoms with E-state index in [-0.39, 0.29) is 12.1 Å². The third-order valence-electron chi connectivity index (χ3n) is 4.05. The molecule has 5 heteroatoms. The predicted molar refractivity (Wildman–Crippen MR) is 79.9 cm³/mol. The topological polar surface area (TPSA) is 29.3 Å². The van der Waals surface area contributed by atoms with Gasteiger partial charge in [0.1, 0.15) is 0 Å².